The van der Waals surface area contributed by atoms with Gasteiger partial charge in [0.25, 0.3) is 11.8 Å². The highest BCUT2D eigenvalue weighted by atomic mass is 32.3. The minimum Gasteiger partial charge on any atom is -0.444 e. The van der Waals surface area contributed by atoms with Crippen molar-refractivity contribution in [1.29, 1.82) is 0 Å². The summed E-state index contributed by atoms with van der Waals surface area (Å²) in [5.41, 5.74) is 8.94. The number of hydrogen-bond donors (Lipinski definition) is 6. The third-order valence-electron chi connectivity index (χ3n) is 7.04. The topological polar surface area (TPSA) is 315 Å². The lowest BCUT2D eigenvalue weighted by atomic mass is 10.0. The minimum atomic E-state index is -4.85. The van der Waals surface area contributed by atoms with Crippen LogP contribution in [0.2, 0.25) is 0 Å². The molecule has 4 aliphatic rings. The third-order valence-corrected chi connectivity index (χ3v) is 7.74. The normalized spacial score (nSPS) is 23.6. The maximum Gasteiger partial charge on any atom is 0.418 e. The van der Waals surface area contributed by atoms with Crippen LogP contribution in [-0.4, -0.2) is 145 Å². The zero-order chi connectivity index (χ0) is 36.7. The number of nitrogens with zero attached hydrogens (tertiary/aromatic N) is 4. The van der Waals surface area contributed by atoms with Crippen molar-refractivity contribution >= 4 is 50.8 Å². The second-order valence-corrected chi connectivity index (χ2v) is 13.9. The van der Waals surface area contributed by atoms with E-state index >= 15 is 0 Å². The van der Waals surface area contributed by atoms with Crippen LogP contribution in [0.1, 0.15) is 46.5 Å². The van der Waals surface area contributed by atoms with Crippen molar-refractivity contribution in [2.75, 3.05) is 39.4 Å². The zero-order valence-corrected chi connectivity index (χ0v) is 28.3. The van der Waals surface area contributed by atoms with Gasteiger partial charge >= 0.3 is 39.0 Å². The lowest BCUT2D eigenvalue weighted by Gasteiger charge is -2.28. The highest BCUT2D eigenvalue weighted by Gasteiger charge is 2.50. The number of carbonyl (C=O) groups is 5. The molecule has 280 valence electrons. The van der Waals surface area contributed by atoms with Gasteiger partial charge < -0.3 is 25.6 Å². The molecule has 7 amide bonds. The fourth-order valence-corrected chi connectivity index (χ4v) is 5.94. The molecule has 4 heterocycles. The van der Waals surface area contributed by atoms with E-state index in [-0.39, 0.29) is 45.8 Å². The van der Waals surface area contributed by atoms with Crippen LogP contribution in [0.3, 0.4) is 0 Å². The highest BCUT2D eigenvalue weighted by molar-refractivity contribution is 7.81. The largest absolute Gasteiger partial charge is 0.444 e. The van der Waals surface area contributed by atoms with E-state index in [1.54, 1.807) is 20.8 Å². The van der Waals surface area contributed by atoms with Crippen LogP contribution in [0.4, 0.5) is 14.4 Å². The quantitative estimate of drug-likeness (QED) is 0.0647. The predicted molar refractivity (Wildman–Crippen MR) is 158 cm³/mol. The lowest BCUT2D eigenvalue weighted by molar-refractivity contribution is -0.139. The molecule has 0 aliphatic carbocycles. The smallest absolute Gasteiger partial charge is 0.418 e. The maximum absolute atomic E-state index is 12.2. The number of piperidine rings is 2. The number of carbonyl (C=O) groups excluding carboxylic acids is 5. The Kier molecular flexibility index (Phi) is 13.3. The summed E-state index contributed by atoms with van der Waals surface area (Å²) < 4.78 is 74.1. The second-order valence-electron chi connectivity index (χ2n) is 11.9. The van der Waals surface area contributed by atoms with Gasteiger partial charge in [-0.1, -0.05) is 0 Å². The van der Waals surface area contributed by atoms with E-state index in [0.717, 1.165) is 4.90 Å². The minimum absolute atomic E-state index is 0.0354. The summed E-state index contributed by atoms with van der Waals surface area (Å²) in [6, 6.07) is -4.43. The Labute approximate surface area is 281 Å². The zero-order valence-electron chi connectivity index (χ0n) is 26.7. The number of ether oxygens (including phenoxy) is 1. The molecule has 0 saturated carbocycles. The van der Waals surface area contributed by atoms with Gasteiger partial charge in [0.2, 0.25) is 0 Å². The van der Waals surface area contributed by atoms with Gasteiger partial charge in [0, 0.05) is 26.2 Å². The number of fused-ring (bicyclic) bond motifs is 4. The molecule has 0 unspecified atom stereocenters. The average molecular weight is 749 g/mol. The van der Waals surface area contributed by atoms with Gasteiger partial charge in [-0.3, -0.25) is 28.4 Å². The molecule has 0 radical (unpaired) electrons. The van der Waals surface area contributed by atoms with Gasteiger partial charge in [0.1, 0.15) is 17.7 Å². The van der Waals surface area contributed by atoms with Crippen molar-refractivity contribution in [3.05, 3.63) is 0 Å². The van der Waals surface area contributed by atoms with Gasteiger partial charge in [-0.05, 0) is 46.5 Å². The van der Waals surface area contributed by atoms with Crippen molar-refractivity contribution in [1.82, 2.24) is 36.2 Å². The van der Waals surface area contributed by atoms with Gasteiger partial charge in [0.15, 0.2) is 0 Å². The first-order valence-electron chi connectivity index (χ1n) is 14.7. The number of amides is 7. The fraction of sp³-hybridized carbons (Fsp3) is 0.783. The van der Waals surface area contributed by atoms with E-state index in [1.807, 2.05) is 0 Å². The molecule has 4 bridgehead atoms. The van der Waals surface area contributed by atoms with Crippen LogP contribution in [0, 0.1) is 0 Å². The van der Waals surface area contributed by atoms with Crippen LogP contribution in [-0.2, 0) is 53.4 Å². The summed E-state index contributed by atoms with van der Waals surface area (Å²) in [5, 5.41) is 3.57. The molecule has 4 saturated heterocycles. The first-order valence-corrected chi connectivity index (χ1v) is 17.5. The first-order chi connectivity index (χ1) is 22.7. The third kappa shape index (κ3) is 11.7. The molecule has 4 atom stereocenters. The Bertz CT molecular complexity index is 1460. The number of hydrogen-bond acceptors (Lipinski definition) is 15. The van der Waals surface area contributed by atoms with Crippen LogP contribution in [0.5, 0.6) is 0 Å². The average Bonchev–Trinajstić information content (AvgIpc) is 3.34. The van der Waals surface area contributed by atoms with Crippen LogP contribution in [0.15, 0.2) is 0 Å². The summed E-state index contributed by atoms with van der Waals surface area (Å²) in [7, 11) is -9.64. The summed E-state index contributed by atoms with van der Waals surface area (Å²) in [5.74, 6) is -1.12. The Balaban J connectivity index is 0.000000276. The predicted octanol–water partition coefficient (Wildman–Crippen LogP) is -2.44. The number of alkyl carbamates (subject to hydrolysis) is 1. The van der Waals surface area contributed by atoms with Crippen LogP contribution < -0.4 is 22.0 Å². The number of urea groups is 2. The number of nitrogens with one attached hydrogen (secondary N) is 3. The van der Waals surface area contributed by atoms with Crippen LogP contribution >= 0.6 is 0 Å². The Morgan fingerprint density at radius 2 is 1.22 bits per heavy atom. The van der Waals surface area contributed by atoms with E-state index in [4.69, 9.17) is 29.3 Å². The van der Waals surface area contributed by atoms with E-state index in [0.29, 0.717) is 29.4 Å². The summed E-state index contributed by atoms with van der Waals surface area (Å²) in [6.45, 7) is 5.78. The molecule has 4 rings (SSSR count). The van der Waals surface area contributed by atoms with Crippen LogP contribution in [0.25, 0.3) is 0 Å². The van der Waals surface area contributed by atoms with Crippen molar-refractivity contribution in [2.45, 2.75) is 76.2 Å². The maximum atomic E-state index is 12.2. The summed E-state index contributed by atoms with van der Waals surface area (Å²) in [4.78, 5) is 71.9. The Hall–Kier alpha value is -3.63. The molecule has 0 aromatic heterocycles. The number of rotatable bonds is 13. The summed E-state index contributed by atoms with van der Waals surface area (Å²) >= 11 is 0. The van der Waals surface area contributed by atoms with E-state index in [2.05, 4.69) is 24.8 Å². The van der Waals surface area contributed by atoms with E-state index in [1.165, 1.54) is 4.90 Å². The van der Waals surface area contributed by atoms with Gasteiger partial charge in [-0.2, -0.15) is 27.0 Å². The van der Waals surface area contributed by atoms with E-state index in [9.17, 15) is 40.8 Å². The first kappa shape index (κ1) is 39.8. The molecule has 0 aromatic carbocycles. The molecular formula is C23H40N8O16S2. The standard InChI is InChI=1S/C14H24N4O9S.C9H16N4O7S/c1-14(2,3)26-12(20)15-6-7-25-16-11(19)10-5-4-9-8-17(10)13(21)18(9)27-28(22,23)24;10-3-4-19-11-8(14)7-2-1-6-5-12(7)9(15)13(6)20-21(16,17)18/h9-10H,4-8H2,1-3H3,(H,15,20)(H,16,19)(H,22,23,24);6-7H,1-5,10H2,(H,11,14)(H,16,17,18)/t9-,10+;6-,7+/m11/s1. The van der Waals surface area contributed by atoms with Gasteiger partial charge in [-0.15, -0.1) is 8.57 Å². The van der Waals surface area contributed by atoms with Crippen molar-refractivity contribution < 1.29 is 72.9 Å². The Morgan fingerprint density at radius 1 is 0.796 bits per heavy atom. The molecule has 7 N–H and O–H groups in total. The fourth-order valence-electron chi connectivity index (χ4n) is 5.17. The molecular weight excluding hydrogens is 708 g/mol. The molecule has 4 aliphatic heterocycles. The number of hydroxylamine groups is 6. The SMILES string of the molecule is CC(C)(C)OC(=O)NCCONC(=O)[C@@H]1CC[C@@H]2CN1C(=O)N2OS(=O)(=O)O.NCCONC(=O)[C@@H]1CC[C@@H]2CN1C(=O)N2OS(=O)(=O)O. The van der Waals surface area contributed by atoms with Gasteiger partial charge in [-0.25, -0.2) is 25.3 Å². The van der Waals surface area contributed by atoms with Crippen molar-refractivity contribution in [3.8, 4) is 0 Å². The molecule has 0 spiro atoms. The Morgan fingerprint density at radius 3 is 1.61 bits per heavy atom. The molecule has 0 aromatic rings. The number of nitrogens with two attached hydrogens (primary N) is 1. The molecule has 4 fully saturated rings. The highest BCUT2D eigenvalue weighted by Crippen LogP contribution is 2.32. The molecule has 24 nitrogen and oxygen atoms in total. The summed E-state index contributed by atoms with van der Waals surface area (Å²) in [6.07, 6.45) is 0.609. The second kappa shape index (κ2) is 16.4. The van der Waals surface area contributed by atoms with Gasteiger partial charge in [0.05, 0.1) is 25.3 Å². The van der Waals surface area contributed by atoms with E-state index < -0.39 is 80.5 Å². The van der Waals surface area contributed by atoms with Crippen molar-refractivity contribution in [2.24, 2.45) is 5.73 Å². The lowest BCUT2D eigenvalue weighted by Crippen LogP contribution is -2.50. The monoisotopic (exact) mass is 748 g/mol. The molecule has 26 heteroatoms. The molecule has 49 heavy (non-hydrogen) atoms. The van der Waals surface area contributed by atoms with Crippen molar-refractivity contribution in [3.63, 3.8) is 0 Å².